The van der Waals surface area contributed by atoms with E-state index in [9.17, 15) is 0 Å². The van der Waals surface area contributed by atoms with E-state index in [2.05, 4.69) is 50.6 Å². The minimum absolute atomic E-state index is 0.550. The summed E-state index contributed by atoms with van der Waals surface area (Å²) in [5, 5.41) is 10.8. The molecule has 132 valence electrons. The smallest absolute Gasteiger partial charge is 0.155 e. The number of hydrogen-bond acceptors (Lipinski definition) is 4. The molecule has 0 aliphatic carbocycles. The maximum Gasteiger partial charge on any atom is 0.155 e. The molecule has 0 spiro atoms. The molecular formula is C22H19N5. The van der Waals surface area contributed by atoms with Gasteiger partial charge < -0.3 is 0 Å². The van der Waals surface area contributed by atoms with Crippen molar-refractivity contribution in [1.29, 1.82) is 0 Å². The molecule has 1 aromatic heterocycles. The van der Waals surface area contributed by atoms with Crippen molar-refractivity contribution < 1.29 is 0 Å². The Morgan fingerprint density at radius 1 is 1.11 bits per heavy atom. The summed E-state index contributed by atoms with van der Waals surface area (Å²) in [7, 11) is 0. The first kappa shape index (κ1) is 16.9. The van der Waals surface area contributed by atoms with Gasteiger partial charge in [0.15, 0.2) is 5.84 Å². The normalized spacial score (nSPS) is 13.8. The Labute approximate surface area is 157 Å². The summed E-state index contributed by atoms with van der Waals surface area (Å²) in [5.74, 6) is 3.53. The summed E-state index contributed by atoms with van der Waals surface area (Å²) < 4.78 is 0. The Balaban J connectivity index is 1.59. The van der Waals surface area contributed by atoms with Gasteiger partial charge in [0, 0.05) is 11.1 Å². The van der Waals surface area contributed by atoms with Gasteiger partial charge in [0.05, 0.1) is 12.3 Å². The van der Waals surface area contributed by atoms with Crippen LogP contribution in [0, 0.1) is 12.3 Å². The van der Waals surface area contributed by atoms with E-state index in [1.165, 1.54) is 5.56 Å². The molecule has 1 aliphatic heterocycles. The van der Waals surface area contributed by atoms with E-state index in [1.807, 2.05) is 31.2 Å². The Morgan fingerprint density at radius 3 is 2.81 bits per heavy atom. The summed E-state index contributed by atoms with van der Waals surface area (Å²) >= 11 is 0. The fourth-order valence-corrected chi connectivity index (χ4v) is 3.15. The van der Waals surface area contributed by atoms with Crippen LogP contribution in [-0.2, 0) is 6.42 Å². The second kappa shape index (κ2) is 7.38. The highest BCUT2D eigenvalue weighted by atomic mass is 15.3. The third-order valence-corrected chi connectivity index (χ3v) is 4.61. The highest BCUT2D eigenvalue weighted by molar-refractivity contribution is 6.17. The number of benzene rings is 2. The molecule has 3 aromatic rings. The number of aryl methyl sites for hydroxylation is 1. The van der Waals surface area contributed by atoms with E-state index >= 15 is 0 Å². The average molecular weight is 353 g/mol. The zero-order valence-corrected chi connectivity index (χ0v) is 15.1. The van der Waals surface area contributed by atoms with Gasteiger partial charge in [-0.2, -0.15) is 15.4 Å². The van der Waals surface area contributed by atoms with Gasteiger partial charge in [-0.3, -0.25) is 4.99 Å². The number of terminal acetylenes is 1. The number of aromatic nitrogens is 3. The molecule has 0 saturated heterocycles. The number of nitrogens with zero attached hydrogens (tertiary/aromatic N) is 4. The summed E-state index contributed by atoms with van der Waals surface area (Å²) in [4.78, 5) is 9.32. The van der Waals surface area contributed by atoms with Gasteiger partial charge in [0.1, 0.15) is 11.0 Å². The van der Waals surface area contributed by atoms with E-state index in [0.29, 0.717) is 12.4 Å². The third kappa shape index (κ3) is 3.42. The number of fused-ring (bicyclic) bond motifs is 1. The Kier molecular flexibility index (Phi) is 4.63. The van der Waals surface area contributed by atoms with Crippen molar-refractivity contribution in [2.24, 2.45) is 9.98 Å². The topological polar surface area (TPSA) is 66.3 Å². The van der Waals surface area contributed by atoms with Crippen LogP contribution in [0.3, 0.4) is 0 Å². The van der Waals surface area contributed by atoms with Crippen LogP contribution in [0.2, 0.25) is 0 Å². The Bertz CT molecular complexity index is 1130. The third-order valence-electron chi connectivity index (χ3n) is 4.61. The van der Waals surface area contributed by atoms with Crippen molar-refractivity contribution in [3.63, 3.8) is 0 Å². The Morgan fingerprint density at radius 2 is 1.96 bits per heavy atom. The van der Waals surface area contributed by atoms with Crippen LogP contribution in [0.15, 0.2) is 58.5 Å². The van der Waals surface area contributed by atoms with Gasteiger partial charge >= 0.3 is 0 Å². The zero-order chi connectivity index (χ0) is 18.6. The number of amidine groups is 1. The molecule has 2 aromatic carbocycles. The van der Waals surface area contributed by atoms with Crippen LogP contribution in [0.5, 0.6) is 0 Å². The largest absolute Gasteiger partial charge is 0.260 e. The highest BCUT2D eigenvalue weighted by Gasteiger charge is 2.15. The molecular weight excluding hydrogens is 334 g/mol. The summed E-state index contributed by atoms with van der Waals surface area (Å²) in [6.07, 6.45) is 11.9. The predicted octanol–water partition coefficient (Wildman–Crippen LogP) is 3.70. The molecule has 5 heteroatoms. The zero-order valence-electron chi connectivity index (χ0n) is 15.1. The molecule has 0 unspecified atom stereocenters. The first-order valence-corrected chi connectivity index (χ1v) is 8.92. The minimum atomic E-state index is 0.550. The predicted molar refractivity (Wildman–Crippen MR) is 109 cm³/mol. The fourth-order valence-electron chi connectivity index (χ4n) is 3.15. The summed E-state index contributed by atoms with van der Waals surface area (Å²) in [5.41, 5.74) is 6.65. The Hall–Kier alpha value is -3.52. The van der Waals surface area contributed by atoms with Crippen molar-refractivity contribution in [3.05, 3.63) is 70.8 Å². The van der Waals surface area contributed by atoms with E-state index in [-0.39, 0.29) is 0 Å². The number of H-pyrrole nitrogens is 1. The van der Waals surface area contributed by atoms with Gasteiger partial charge in [0.2, 0.25) is 0 Å². The first-order valence-electron chi connectivity index (χ1n) is 8.92. The van der Waals surface area contributed by atoms with Crippen LogP contribution in [0.4, 0.5) is 0 Å². The summed E-state index contributed by atoms with van der Waals surface area (Å²) in [6, 6.07) is 12.1. The highest BCUT2D eigenvalue weighted by Crippen LogP contribution is 2.19. The number of aromatic amines is 1. The minimum Gasteiger partial charge on any atom is -0.260 e. The van der Waals surface area contributed by atoms with E-state index in [1.54, 1.807) is 0 Å². The molecule has 0 amide bonds. The fraction of sp³-hybridized carbons (Fsp3) is 0.182. The second-order valence-electron chi connectivity index (χ2n) is 6.35. The van der Waals surface area contributed by atoms with Gasteiger partial charge in [-0.1, -0.05) is 30.2 Å². The standard InChI is InChI=1S/C22H19N5/c1-3-5-6-7-16-8-9-17(12-15(16)4-2)21-14-23-22(24-21)18-10-11-19-20(13-18)26-27-25-19/h2-3,5,8-13H,6-7,14H2,1H3,(H,25,26,27)/b5-3+. The number of allylic oxidation sites excluding steroid dienone is 2. The van der Waals surface area contributed by atoms with Gasteiger partial charge in [-0.25, -0.2) is 4.99 Å². The van der Waals surface area contributed by atoms with E-state index < -0.39 is 0 Å². The lowest BCUT2D eigenvalue weighted by molar-refractivity contribution is 0.959. The average Bonchev–Trinajstić information content (AvgIpc) is 3.37. The maximum atomic E-state index is 5.73. The van der Waals surface area contributed by atoms with Gasteiger partial charge in [-0.15, -0.1) is 6.42 Å². The molecule has 0 bridgehead atoms. The molecule has 0 saturated carbocycles. The molecule has 27 heavy (non-hydrogen) atoms. The lowest BCUT2D eigenvalue weighted by atomic mass is 9.98. The lowest BCUT2D eigenvalue weighted by Crippen LogP contribution is -2.04. The molecule has 4 rings (SSSR count). The SMILES string of the molecule is C#Cc1cc(C2=NC(c3ccc4n[nH]nc4c3)=NC2)ccc1CC/C=C/C. The van der Waals surface area contributed by atoms with Crippen LogP contribution in [0.1, 0.15) is 35.6 Å². The first-order chi connectivity index (χ1) is 13.3. The summed E-state index contributed by atoms with van der Waals surface area (Å²) in [6.45, 7) is 2.58. The lowest BCUT2D eigenvalue weighted by Gasteiger charge is -2.07. The van der Waals surface area contributed by atoms with Crippen molar-refractivity contribution in [2.45, 2.75) is 19.8 Å². The van der Waals surface area contributed by atoms with E-state index in [0.717, 1.165) is 46.3 Å². The van der Waals surface area contributed by atoms with Crippen molar-refractivity contribution >= 4 is 22.6 Å². The number of nitrogens with one attached hydrogen (secondary N) is 1. The molecule has 0 fully saturated rings. The number of hydrogen-bond donors (Lipinski definition) is 1. The number of rotatable bonds is 5. The van der Waals surface area contributed by atoms with Gasteiger partial charge in [0.25, 0.3) is 0 Å². The van der Waals surface area contributed by atoms with Crippen LogP contribution < -0.4 is 0 Å². The second-order valence-corrected chi connectivity index (χ2v) is 6.35. The van der Waals surface area contributed by atoms with Crippen molar-refractivity contribution in [3.8, 4) is 12.3 Å². The molecule has 0 radical (unpaired) electrons. The van der Waals surface area contributed by atoms with Crippen LogP contribution >= 0.6 is 0 Å². The molecule has 2 heterocycles. The van der Waals surface area contributed by atoms with Crippen molar-refractivity contribution in [2.75, 3.05) is 6.54 Å². The molecule has 0 atom stereocenters. The van der Waals surface area contributed by atoms with Crippen LogP contribution in [-0.4, -0.2) is 33.5 Å². The quantitative estimate of drug-likeness (QED) is 0.561. The van der Waals surface area contributed by atoms with Gasteiger partial charge in [-0.05, 0) is 55.2 Å². The molecule has 1 N–H and O–H groups in total. The van der Waals surface area contributed by atoms with Crippen molar-refractivity contribution in [1.82, 2.24) is 15.4 Å². The monoisotopic (exact) mass is 353 g/mol. The van der Waals surface area contributed by atoms with Crippen LogP contribution in [0.25, 0.3) is 11.0 Å². The molecule has 5 nitrogen and oxygen atoms in total. The van der Waals surface area contributed by atoms with E-state index in [4.69, 9.17) is 11.4 Å². The molecule has 1 aliphatic rings. The maximum absolute atomic E-state index is 5.73. The number of aliphatic imine (C=N–C) groups is 2.